The lowest BCUT2D eigenvalue weighted by atomic mass is 10.0. The molecule has 0 unspecified atom stereocenters. The average Bonchev–Trinajstić information content (AvgIpc) is 3.25. The van der Waals surface area contributed by atoms with Crippen molar-refractivity contribution in [3.8, 4) is 5.75 Å². The van der Waals surface area contributed by atoms with Crippen molar-refractivity contribution in [1.82, 2.24) is 9.36 Å². The topological polar surface area (TPSA) is 101 Å². The van der Waals surface area contributed by atoms with Crippen LogP contribution in [0, 0.1) is 0 Å². The Bertz CT molecular complexity index is 1150. The SMILES string of the molecule is COc1ccc(CC(=O)N2CCCc3cc(S(=O)(=O)Nc4ncns4)ccc32)cc1. The molecule has 1 aliphatic heterocycles. The fraction of sp³-hybridized carbons (Fsp3) is 0.250. The summed E-state index contributed by atoms with van der Waals surface area (Å²) in [6.45, 7) is 0.608. The van der Waals surface area contributed by atoms with Gasteiger partial charge in [0.05, 0.1) is 18.4 Å². The minimum Gasteiger partial charge on any atom is -0.497 e. The molecule has 1 amide bonds. The monoisotopic (exact) mass is 444 g/mol. The molecule has 0 saturated carbocycles. The van der Waals surface area contributed by atoms with Gasteiger partial charge in [-0.25, -0.2) is 13.4 Å². The third-order valence-corrected chi connectivity index (χ3v) is 6.92. The molecular formula is C20H20N4O4S2. The molecule has 2 aromatic carbocycles. The maximum Gasteiger partial charge on any atom is 0.263 e. The number of benzene rings is 2. The summed E-state index contributed by atoms with van der Waals surface area (Å²) in [6, 6.07) is 12.2. The molecule has 0 spiro atoms. The van der Waals surface area contributed by atoms with Crippen LogP contribution >= 0.6 is 11.5 Å². The van der Waals surface area contributed by atoms with Crippen molar-refractivity contribution < 1.29 is 17.9 Å². The first-order valence-electron chi connectivity index (χ1n) is 9.32. The third-order valence-electron chi connectivity index (χ3n) is 4.88. The summed E-state index contributed by atoms with van der Waals surface area (Å²) in [5, 5.41) is 0.212. The number of carbonyl (C=O) groups is 1. The molecule has 0 radical (unpaired) electrons. The number of ether oxygens (including phenoxy) is 1. The molecule has 8 nitrogen and oxygen atoms in total. The first kappa shape index (κ1) is 20.3. The molecule has 0 bridgehead atoms. The van der Waals surface area contributed by atoms with Gasteiger partial charge in [-0.1, -0.05) is 12.1 Å². The molecule has 10 heteroatoms. The number of amides is 1. The van der Waals surface area contributed by atoms with Gasteiger partial charge in [-0.05, 0) is 54.3 Å². The smallest absolute Gasteiger partial charge is 0.263 e. The van der Waals surface area contributed by atoms with Gasteiger partial charge in [0.2, 0.25) is 11.0 Å². The zero-order chi connectivity index (χ0) is 21.1. The number of hydrogen-bond acceptors (Lipinski definition) is 7. The number of nitrogens with zero attached hydrogens (tertiary/aromatic N) is 3. The van der Waals surface area contributed by atoms with E-state index in [1.807, 2.05) is 24.3 Å². The van der Waals surface area contributed by atoms with Gasteiger partial charge in [0.25, 0.3) is 10.0 Å². The Kier molecular flexibility index (Phi) is 5.69. The minimum absolute atomic E-state index is 0.0243. The Labute approximate surface area is 178 Å². The molecule has 0 aliphatic carbocycles. The zero-order valence-corrected chi connectivity index (χ0v) is 17.9. The van der Waals surface area contributed by atoms with Crippen molar-refractivity contribution in [3.05, 3.63) is 59.9 Å². The van der Waals surface area contributed by atoms with E-state index in [0.717, 1.165) is 40.5 Å². The summed E-state index contributed by atoms with van der Waals surface area (Å²) in [4.78, 5) is 18.7. The van der Waals surface area contributed by atoms with Crippen molar-refractivity contribution in [2.45, 2.75) is 24.2 Å². The van der Waals surface area contributed by atoms with E-state index in [2.05, 4.69) is 14.1 Å². The molecule has 156 valence electrons. The second kappa shape index (κ2) is 8.41. The first-order valence-corrected chi connectivity index (χ1v) is 11.6. The van der Waals surface area contributed by atoms with Crippen molar-refractivity contribution in [1.29, 1.82) is 0 Å². The van der Waals surface area contributed by atoms with Crippen LogP contribution in [0.15, 0.2) is 53.7 Å². The number of methoxy groups -OCH3 is 1. The number of nitrogens with one attached hydrogen (secondary N) is 1. The van der Waals surface area contributed by atoms with Crippen LogP contribution in [-0.2, 0) is 27.7 Å². The first-order chi connectivity index (χ1) is 14.5. The average molecular weight is 445 g/mol. The lowest BCUT2D eigenvalue weighted by Gasteiger charge is -2.30. The van der Waals surface area contributed by atoms with Crippen LogP contribution in [0.3, 0.4) is 0 Å². The Hall–Kier alpha value is -2.98. The molecule has 1 aliphatic rings. The summed E-state index contributed by atoms with van der Waals surface area (Å²) < 4.78 is 36.6. The van der Waals surface area contributed by atoms with Gasteiger partial charge in [-0.15, -0.1) is 0 Å². The van der Waals surface area contributed by atoms with Crippen LogP contribution in [0.2, 0.25) is 0 Å². The van der Waals surface area contributed by atoms with Crippen molar-refractivity contribution in [2.24, 2.45) is 0 Å². The van der Waals surface area contributed by atoms with Crippen LogP contribution in [-0.4, -0.2) is 37.3 Å². The van der Waals surface area contributed by atoms with E-state index < -0.39 is 10.0 Å². The predicted molar refractivity (Wildman–Crippen MR) is 115 cm³/mol. The highest BCUT2D eigenvalue weighted by Gasteiger charge is 2.25. The van der Waals surface area contributed by atoms with Gasteiger partial charge in [-0.2, -0.15) is 4.37 Å². The molecule has 2 heterocycles. The lowest BCUT2D eigenvalue weighted by Crippen LogP contribution is -2.36. The van der Waals surface area contributed by atoms with Crippen LogP contribution in [0.1, 0.15) is 17.5 Å². The molecule has 0 saturated heterocycles. The third kappa shape index (κ3) is 4.29. The number of sulfonamides is 1. The fourth-order valence-corrected chi connectivity index (χ4v) is 5.12. The van der Waals surface area contributed by atoms with E-state index in [1.54, 1.807) is 24.1 Å². The Morgan fingerprint density at radius 1 is 1.23 bits per heavy atom. The van der Waals surface area contributed by atoms with Crippen LogP contribution in [0.5, 0.6) is 5.75 Å². The van der Waals surface area contributed by atoms with E-state index in [-0.39, 0.29) is 22.4 Å². The minimum atomic E-state index is -3.77. The van der Waals surface area contributed by atoms with Crippen molar-refractivity contribution in [3.63, 3.8) is 0 Å². The van der Waals surface area contributed by atoms with E-state index >= 15 is 0 Å². The summed E-state index contributed by atoms with van der Waals surface area (Å²) >= 11 is 0.969. The molecule has 0 atom stereocenters. The molecule has 3 aromatic rings. The fourth-order valence-electron chi connectivity index (χ4n) is 3.41. The summed E-state index contributed by atoms with van der Waals surface area (Å²) in [6.07, 6.45) is 3.04. The second-order valence-electron chi connectivity index (χ2n) is 6.82. The van der Waals surface area contributed by atoms with Gasteiger partial charge < -0.3 is 9.64 Å². The zero-order valence-electron chi connectivity index (χ0n) is 16.2. The van der Waals surface area contributed by atoms with Crippen molar-refractivity contribution >= 4 is 38.3 Å². The normalized spacial score (nSPS) is 13.6. The Balaban J connectivity index is 1.54. The number of anilines is 2. The number of aromatic nitrogens is 2. The van der Waals surface area contributed by atoms with Crippen LogP contribution in [0.25, 0.3) is 0 Å². The second-order valence-corrected chi connectivity index (χ2v) is 9.28. The van der Waals surface area contributed by atoms with Gasteiger partial charge in [0.15, 0.2) is 0 Å². The summed E-state index contributed by atoms with van der Waals surface area (Å²) in [5.41, 5.74) is 2.49. The quantitative estimate of drug-likeness (QED) is 0.627. The van der Waals surface area contributed by atoms with Crippen molar-refractivity contribution in [2.75, 3.05) is 23.3 Å². The molecular weight excluding hydrogens is 424 g/mol. The molecule has 30 heavy (non-hydrogen) atoms. The lowest BCUT2D eigenvalue weighted by molar-refractivity contribution is -0.118. The van der Waals surface area contributed by atoms with Crippen LogP contribution in [0.4, 0.5) is 10.8 Å². The molecule has 0 fully saturated rings. The maximum absolute atomic E-state index is 12.9. The molecule has 1 N–H and O–H groups in total. The predicted octanol–water partition coefficient (Wildman–Crippen LogP) is 2.87. The van der Waals surface area contributed by atoms with E-state index in [1.165, 1.54) is 12.4 Å². The summed E-state index contributed by atoms with van der Waals surface area (Å²) in [5.74, 6) is 0.717. The van der Waals surface area contributed by atoms with Gasteiger partial charge in [-0.3, -0.25) is 9.52 Å². The highest BCUT2D eigenvalue weighted by molar-refractivity contribution is 7.93. The Morgan fingerprint density at radius 2 is 2.03 bits per heavy atom. The largest absolute Gasteiger partial charge is 0.497 e. The van der Waals surface area contributed by atoms with Gasteiger partial charge in [0, 0.05) is 23.8 Å². The highest BCUT2D eigenvalue weighted by Crippen LogP contribution is 2.31. The van der Waals surface area contributed by atoms with Gasteiger partial charge in [0.1, 0.15) is 12.1 Å². The molecule has 4 rings (SSSR count). The van der Waals surface area contributed by atoms with Gasteiger partial charge >= 0.3 is 0 Å². The van der Waals surface area contributed by atoms with E-state index in [0.29, 0.717) is 13.0 Å². The van der Waals surface area contributed by atoms with Crippen LogP contribution < -0.4 is 14.4 Å². The van der Waals surface area contributed by atoms with E-state index in [4.69, 9.17) is 4.74 Å². The highest BCUT2D eigenvalue weighted by atomic mass is 32.2. The number of rotatable bonds is 6. The maximum atomic E-state index is 12.9. The summed E-state index contributed by atoms with van der Waals surface area (Å²) in [7, 11) is -2.17. The Morgan fingerprint density at radius 3 is 2.73 bits per heavy atom. The number of aryl methyl sites for hydroxylation is 1. The number of carbonyl (C=O) groups excluding carboxylic acids is 1. The number of hydrogen-bond donors (Lipinski definition) is 1. The number of fused-ring (bicyclic) bond motifs is 1. The van der Waals surface area contributed by atoms with E-state index in [9.17, 15) is 13.2 Å². The standard InChI is InChI=1S/C20H20N4O4S2/c1-28-16-6-4-14(5-7-16)11-19(25)24-10-2-3-15-12-17(8-9-18(15)24)30(26,27)23-20-21-13-22-29-20/h4-9,12-13H,2-3,10-11H2,1H3,(H,21,22,23). The molecule has 1 aromatic heterocycles.